The van der Waals surface area contributed by atoms with Gasteiger partial charge in [0.1, 0.15) is 11.5 Å². The van der Waals surface area contributed by atoms with Crippen LogP contribution >= 0.6 is 0 Å². The average Bonchev–Trinajstić information content (AvgIpc) is 2.80. The second-order valence-electron chi connectivity index (χ2n) is 7.11. The summed E-state index contributed by atoms with van der Waals surface area (Å²) in [6.45, 7) is 2.89. The summed E-state index contributed by atoms with van der Waals surface area (Å²) in [7, 11) is -2.11. The number of ether oxygens (including phenoxy) is 2. The molecule has 0 aliphatic carbocycles. The van der Waals surface area contributed by atoms with E-state index in [4.69, 9.17) is 9.47 Å². The van der Waals surface area contributed by atoms with E-state index >= 15 is 0 Å². The molecular formula is C23H27N3O5S. The van der Waals surface area contributed by atoms with Crippen molar-refractivity contribution in [2.45, 2.75) is 31.2 Å². The maximum atomic E-state index is 12.5. The quantitative estimate of drug-likeness (QED) is 0.444. The molecule has 0 atom stereocenters. The lowest BCUT2D eigenvalue weighted by Gasteiger charge is -2.10. The van der Waals surface area contributed by atoms with Gasteiger partial charge in [0.25, 0.3) is 5.56 Å². The molecule has 0 unspecified atom stereocenters. The highest BCUT2D eigenvalue weighted by Crippen LogP contribution is 2.19. The van der Waals surface area contributed by atoms with Gasteiger partial charge in [-0.05, 0) is 55.0 Å². The molecule has 0 amide bonds. The fourth-order valence-electron chi connectivity index (χ4n) is 2.95. The topological polar surface area (TPSA) is 99.5 Å². The number of nitrogens with zero attached hydrogens (tertiary/aromatic N) is 2. The first-order chi connectivity index (χ1) is 15.4. The molecule has 1 heterocycles. The van der Waals surface area contributed by atoms with Gasteiger partial charge in [0, 0.05) is 24.7 Å². The van der Waals surface area contributed by atoms with Crippen LogP contribution in [0.15, 0.2) is 70.6 Å². The SMILES string of the molecule is CCCCOc1ccc(S(=O)(=O)NCCn2cnc(-c3ccc(OC)cc3)cc2=O)cc1. The van der Waals surface area contributed by atoms with Crippen LogP contribution in [0.2, 0.25) is 0 Å². The highest BCUT2D eigenvalue weighted by Gasteiger charge is 2.14. The van der Waals surface area contributed by atoms with Crippen molar-refractivity contribution in [3.05, 3.63) is 71.3 Å². The minimum absolute atomic E-state index is 0.0561. The molecule has 1 aromatic heterocycles. The smallest absolute Gasteiger partial charge is 0.253 e. The minimum Gasteiger partial charge on any atom is -0.497 e. The molecule has 170 valence electrons. The molecule has 9 heteroatoms. The summed E-state index contributed by atoms with van der Waals surface area (Å²) >= 11 is 0. The molecule has 8 nitrogen and oxygen atoms in total. The van der Waals surface area contributed by atoms with Crippen LogP contribution in [0.25, 0.3) is 11.3 Å². The van der Waals surface area contributed by atoms with Crippen molar-refractivity contribution >= 4 is 10.0 Å². The Balaban J connectivity index is 1.58. The summed E-state index contributed by atoms with van der Waals surface area (Å²) in [5, 5.41) is 0. The lowest BCUT2D eigenvalue weighted by atomic mass is 10.1. The number of hydrogen-bond donors (Lipinski definition) is 1. The van der Waals surface area contributed by atoms with Crippen LogP contribution in [0.5, 0.6) is 11.5 Å². The van der Waals surface area contributed by atoms with Gasteiger partial charge in [-0.25, -0.2) is 18.1 Å². The molecule has 3 aromatic rings. The molecule has 3 rings (SSSR count). The van der Waals surface area contributed by atoms with Gasteiger partial charge in [0.15, 0.2) is 0 Å². The van der Waals surface area contributed by atoms with Crippen LogP contribution in [-0.2, 0) is 16.6 Å². The lowest BCUT2D eigenvalue weighted by molar-refractivity contribution is 0.309. The number of nitrogens with one attached hydrogen (secondary N) is 1. The Hall–Kier alpha value is -3.17. The molecule has 32 heavy (non-hydrogen) atoms. The molecule has 1 N–H and O–H groups in total. The highest BCUT2D eigenvalue weighted by atomic mass is 32.2. The largest absolute Gasteiger partial charge is 0.497 e. The van der Waals surface area contributed by atoms with E-state index < -0.39 is 10.0 Å². The summed E-state index contributed by atoms with van der Waals surface area (Å²) in [5.41, 5.74) is 1.06. The number of aromatic nitrogens is 2. The van der Waals surface area contributed by atoms with Gasteiger partial charge in [0.2, 0.25) is 10.0 Å². The molecule has 0 bridgehead atoms. The number of benzene rings is 2. The number of sulfonamides is 1. The van der Waals surface area contributed by atoms with Crippen molar-refractivity contribution in [2.24, 2.45) is 0 Å². The molecule has 0 saturated heterocycles. The van der Waals surface area contributed by atoms with E-state index in [2.05, 4.69) is 16.6 Å². The zero-order valence-electron chi connectivity index (χ0n) is 18.2. The van der Waals surface area contributed by atoms with E-state index in [1.807, 2.05) is 12.1 Å². The standard InChI is InChI=1S/C23H27N3O5S/c1-3-4-15-31-20-9-11-21(12-10-20)32(28,29)25-13-14-26-17-24-22(16-23(26)27)18-5-7-19(30-2)8-6-18/h5-12,16-17,25H,3-4,13-15H2,1-2H3. The van der Waals surface area contributed by atoms with Crippen LogP contribution in [0, 0.1) is 0 Å². The maximum absolute atomic E-state index is 12.5. The van der Waals surface area contributed by atoms with E-state index in [1.54, 1.807) is 31.4 Å². The fraction of sp³-hybridized carbons (Fsp3) is 0.304. The Kier molecular flexibility index (Phi) is 8.02. The summed E-state index contributed by atoms with van der Waals surface area (Å²) in [4.78, 5) is 16.9. The molecule has 2 aromatic carbocycles. The number of hydrogen-bond acceptors (Lipinski definition) is 6. The van der Waals surface area contributed by atoms with Gasteiger partial charge in [-0.2, -0.15) is 0 Å². The maximum Gasteiger partial charge on any atom is 0.253 e. The zero-order chi connectivity index (χ0) is 23.0. The van der Waals surface area contributed by atoms with E-state index in [0.717, 1.165) is 18.4 Å². The van der Waals surface area contributed by atoms with Gasteiger partial charge >= 0.3 is 0 Å². The van der Waals surface area contributed by atoms with Gasteiger partial charge < -0.3 is 9.47 Å². The third-order valence-corrected chi connectivity index (χ3v) is 6.29. The molecule has 0 radical (unpaired) electrons. The summed E-state index contributed by atoms with van der Waals surface area (Å²) < 4.78 is 39.6. The van der Waals surface area contributed by atoms with Crippen molar-refractivity contribution in [1.29, 1.82) is 0 Å². The van der Waals surface area contributed by atoms with Crippen LogP contribution in [0.1, 0.15) is 19.8 Å². The van der Waals surface area contributed by atoms with Crippen LogP contribution in [0.3, 0.4) is 0 Å². The molecule has 0 saturated carbocycles. The molecule has 0 spiro atoms. The molecule has 0 fully saturated rings. The predicted molar refractivity (Wildman–Crippen MR) is 123 cm³/mol. The number of methoxy groups -OCH3 is 1. The second kappa shape index (κ2) is 10.9. The fourth-order valence-corrected chi connectivity index (χ4v) is 3.97. The first-order valence-corrected chi connectivity index (χ1v) is 11.8. The average molecular weight is 458 g/mol. The third-order valence-electron chi connectivity index (χ3n) is 4.81. The molecule has 0 aliphatic heterocycles. The van der Waals surface area contributed by atoms with Gasteiger partial charge in [-0.3, -0.25) is 9.36 Å². The monoisotopic (exact) mass is 457 g/mol. The summed E-state index contributed by atoms with van der Waals surface area (Å²) in [5.74, 6) is 1.35. The van der Waals surface area contributed by atoms with Gasteiger partial charge in [-0.1, -0.05) is 13.3 Å². The van der Waals surface area contributed by atoms with E-state index in [9.17, 15) is 13.2 Å². The molecular weight excluding hydrogens is 430 g/mol. The van der Waals surface area contributed by atoms with Crippen molar-refractivity contribution in [2.75, 3.05) is 20.3 Å². The van der Waals surface area contributed by atoms with Crippen LogP contribution in [0.4, 0.5) is 0 Å². The van der Waals surface area contributed by atoms with E-state index in [-0.39, 0.29) is 23.5 Å². The Morgan fingerprint density at radius 1 is 1.03 bits per heavy atom. The Morgan fingerprint density at radius 2 is 1.72 bits per heavy atom. The number of rotatable bonds is 11. The van der Waals surface area contributed by atoms with Crippen molar-refractivity contribution < 1.29 is 17.9 Å². The first kappa shape index (κ1) is 23.5. The molecule has 0 aliphatic rings. The zero-order valence-corrected chi connectivity index (χ0v) is 19.0. The van der Waals surface area contributed by atoms with Crippen LogP contribution < -0.4 is 19.8 Å². The third kappa shape index (κ3) is 6.18. The van der Waals surface area contributed by atoms with Crippen molar-refractivity contribution in [1.82, 2.24) is 14.3 Å². The lowest BCUT2D eigenvalue weighted by Crippen LogP contribution is -2.30. The Labute approximate surface area is 187 Å². The second-order valence-corrected chi connectivity index (χ2v) is 8.87. The van der Waals surface area contributed by atoms with Gasteiger partial charge in [-0.15, -0.1) is 0 Å². The van der Waals surface area contributed by atoms with E-state index in [0.29, 0.717) is 23.8 Å². The minimum atomic E-state index is -3.70. The van der Waals surface area contributed by atoms with Crippen LogP contribution in [-0.4, -0.2) is 38.2 Å². The van der Waals surface area contributed by atoms with Crippen molar-refractivity contribution in [3.8, 4) is 22.8 Å². The van der Waals surface area contributed by atoms with E-state index in [1.165, 1.54) is 29.1 Å². The summed E-state index contributed by atoms with van der Waals surface area (Å²) in [6.07, 6.45) is 3.38. The predicted octanol–water partition coefficient (Wildman–Crippen LogP) is 3.08. The van der Waals surface area contributed by atoms with Gasteiger partial charge in [0.05, 0.1) is 30.6 Å². The summed E-state index contributed by atoms with van der Waals surface area (Å²) in [6, 6.07) is 14.9. The van der Waals surface area contributed by atoms with Crippen molar-refractivity contribution in [3.63, 3.8) is 0 Å². The first-order valence-electron chi connectivity index (χ1n) is 10.4. The highest BCUT2D eigenvalue weighted by molar-refractivity contribution is 7.89. The normalized spacial score (nSPS) is 11.3. The Morgan fingerprint density at radius 3 is 2.34 bits per heavy atom. The number of unbranched alkanes of at least 4 members (excludes halogenated alkanes) is 1. The Bertz CT molecular complexity index is 1170.